The molecule has 1 saturated heterocycles. The quantitative estimate of drug-likeness (QED) is 0.708. The SMILES string of the molecule is CCN1CCOC(CNS(=O)(=O)CC)C1. The average Bonchev–Trinajstić information content (AvgIpc) is 2.27. The van der Waals surface area contributed by atoms with E-state index < -0.39 is 10.0 Å². The Morgan fingerprint density at radius 1 is 1.47 bits per heavy atom. The van der Waals surface area contributed by atoms with Crippen molar-refractivity contribution in [3.63, 3.8) is 0 Å². The van der Waals surface area contributed by atoms with Gasteiger partial charge in [-0.2, -0.15) is 0 Å². The van der Waals surface area contributed by atoms with E-state index in [1.807, 2.05) is 0 Å². The largest absolute Gasteiger partial charge is 0.374 e. The zero-order chi connectivity index (χ0) is 11.3. The van der Waals surface area contributed by atoms with Crippen LogP contribution in [0.25, 0.3) is 0 Å². The van der Waals surface area contributed by atoms with Gasteiger partial charge in [0.2, 0.25) is 10.0 Å². The molecule has 1 aliphatic heterocycles. The van der Waals surface area contributed by atoms with Gasteiger partial charge in [-0.3, -0.25) is 4.90 Å². The number of sulfonamides is 1. The summed E-state index contributed by atoms with van der Waals surface area (Å²) in [5, 5.41) is 0. The molecule has 0 bridgehead atoms. The summed E-state index contributed by atoms with van der Waals surface area (Å²) in [5.41, 5.74) is 0. The van der Waals surface area contributed by atoms with Crippen molar-refractivity contribution in [3.8, 4) is 0 Å². The van der Waals surface area contributed by atoms with Gasteiger partial charge in [0.25, 0.3) is 0 Å². The van der Waals surface area contributed by atoms with Gasteiger partial charge >= 0.3 is 0 Å². The molecule has 0 aromatic rings. The molecule has 1 rings (SSSR count). The van der Waals surface area contributed by atoms with E-state index in [1.165, 1.54) is 0 Å². The molecule has 5 nitrogen and oxygen atoms in total. The number of nitrogens with one attached hydrogen (secondary N) is 1. The number of likely N-dealkylation sites (N-methyl/N-ethyl adjacent to an activating group) is 1. The zero-order valence-electron chi connectivity index (χ0n) is 9.40. The number of hydrogen-bond acceptors (Lipinski definition) is 4. The van der Waals surface area contributed by atoms with Gasteiger partial charge in [0.1, 0.15) is 0 Å². The highest BCUT2D eigenvalue weighted by Gasteiger charge is 2.20. The summed E-state index contributed by atoms with van der Waals surface area (Å²) in [7, 11) is -3.09. The molecule has 1 heterocycles. The molecular formula is C9H20N2O3S. The van der Waals surface area contributed by atoms with Crippen molar-refractivity contribution in [1.29, 1.82) is 0 Å². The van der Waals surface area contributed by atoms with Gasteiger partial charge in [-0.05, 0) is 13.5 Å². The van der Waals surface area contributed by atoms with Crippen LogP contribution in [-0.2, 0) is 14.8 Å². The molecule has 0 radical (unpaired) electrons. The molecule has 0 saturated carbocycles. The second-order valence-electron chi connectivity index (χ2n) is 3.64. The molecule has 15 heavy (non-hydrogen) atoms. The molecule has 1 N–H and O–H groups in total. The second-order valence-corrected chi connectivity index (χ2v) is 5.73. The van der Waals surface area contributed by atoms with Crippen molar-refractivity contribution in [1.82, 2.24) is 9.62 Å². The minimum Gasteiger partial charge on any atom is -0.374 e. The molecule has 0 aromatic carbocycles. The Hall–Kier alpha value is -0.170. The highest BCUT2D eigenvalue weighted by atomic mass is 32.2. The van der Waals surface area contributed by atoms with Crippen LogP contribution in [0.3, 0.4) is 0 Å². The van der Waals surface area contributed by atoms with E-state index in [4.69, 9.17) is 4.74 Å². The van der Waals surface area contributed by atoms with E-state index in [2.05, 4.69) is 16.5 Å². The Kier molecular flexibility index (Phi) is 4.98. The second kappa shape index (κ2) is 5.79. The summed E-state index contributed by atoms with van der Waals surface area (Å²) in [4.78, 5) is 2.26. The molecule has 1 unspecified atom stereocenters. The van der Waals surface area contributed by atoms with Crippen LogP contribution < -0.4 is 4.72 Å². The summed E-state index contributed by atoms with van der Waals surface area (Å²) < 4.78 is 30.5. The fourth-order valence-electron chi connectivity index (χ4n) is 1.51. The van der Waals surface area contributed by atoms with E-state index in [0.717, 1.165) is 19.6 Å². The maximum atomic E-state index is 11.2. The van der Waals surface area contributed by atoms with Crippen LogP contribution in [0.15, 0.2) is 0 Å². The average molecular weight is 236 g/mol. The Labute approximate surface area is 91.8 Å². The van der Waals surface area contributed by atoms with Crippen molar-refractivity contribution >= 4 is 10.0 Å². The normalized spacial score (nSPS) is 24.3. The molecule has 0 amide bonds. The van der Waals surface area contributed by atoms with Crippen LogP contribution in [0.4, 0.5) is 0 Å². The van der Waals surface area contributed by atoms with Gasteiger partial charge in [-0.1, -0.05) is 6.92 Å². The first-order chi connectivity index (χ1) is 7.07. The third kappa shape index (κ3) is 4.46. The van der Waals surface area contributed by atoms with Crippen LogP contribution >= 0.6 is 0 Å². The smallest absolute Gasteiger partial charge is 0.211 e. The molecule has 0 aromatic heterocycles. The number of hydrogen-bond donors (Lipinski definition) is 1. The summed E-state index contributed by atoms with van der Waals surface area (Å²) in [5.74, 6) is 0.122. The molecule has 90 valence electrons. The first-order valence-corrected chi connectivity index (χ1v) is 7.04. The zero-order valence-corrected chi connectivity index (χ0v) is 10.2. The van der Waals surface area contributed by atoms with Crippen molar-refractivity contribution < 1.29 is 13.2 Å². The summed E-state index contributed by atoms with van der Waals surface area (Å²) in [6.07, 6.45) is -0.0139. The van der Waals surface area contributed by atoms with E-state index in [0.29, 0.717) is 13.2 Å². The molecule has 1 fully saturated rings. The van der Waals surface area contributed by atoms with Gasteiger partial charge in [0.15, 0.2) is 0 Å². The number of ether oxygens (including phenoxy) is 1. The van der Waals surface area contributed by atoms with Crippen LogP contribution in [0, 0.1) is 0 Å². The molecule has 1 aliphatic rings. The summed E-state index contributed by atoms with van der Waals surface area (Å²) >= 11 is 0. The van der Waals surface area contributed by atoms with Crippen molar-refractivity contribution in [2.24, 2.45) is 0 Å². The lowest BCUT2D eigenvalue weighted by Crippen LogP contribution is -2.47. The lowest BCUT2D eigenvalue weighted by molar-refractivity contribution is -0.0229. The summed E-state index contributed by atoms with van der Waals surface area (Å²) in [6.45, 7) is 7.52. The highest BCUT2D eigenvalue weighted by molar-refractivity contribution is 7.89. The van der Waals surface area contributed by atoms with E-state index in [1.54, 1.807) is 6.92 Å². The predicted octanol–water partition coefficient (Wildman–Crippen LogP) is -0.354. The maximum absolute atomic E-state index is 11.2. The minimum atomic E-state index is -3.09. The van der Waals surface area contributed by atoms with Crippen LogP contribution in [0.5, 0.6) is 0 Å². The molecule has 0 aliphatic carbocycles. The first-order valence-electron chi connectivity index (χ1n) is 5.38. The first kappa shape index (κ1) is 12.9. The van der Waals surface area contributed by atoms with Gasteiger partial charge in [0.05, 0.1) is 18.5 Å². The fraction of sp³-hybridized carbons (Fsp3) is 1.00. The maximum Gasteiger partial charge on any atom is 0.211 e. The van der Waals surface area contributed by atoms with Crippen molar-refractivity contribution in [2.45, 2.75) is 20.0 Å². The molecule has 0 spiro atoms. The number of morpholine rings is 1. The van der Waals surface area contributed by atoms with E-state index >= 15 is 0 Å². The topological polar surface area (TPSA) is 58.6 Å². The van der Waals surface area contributed by atoms with Crippen molar-refractivity contribution in [2.75, 3.05) is 38.5 Å². The van der Waals surface area contributed by atoms with Gasteiger partial charge in [0, 0.05) is 19.6 Å². The van der Waals surface area contributed by atoms with E-state index in [-0.39, 0.29) is 11.9 Å². The predicted molar refractivity (Wildman–Crippen MR) is 59.3 cm³/mol. The summed E-state index contributed by atoms with van der Waals surface area (Å²) in [6, 6.07) is 0. The Morgan fingerprint density at radius 3 is 2.80 bits per heavy atom. The third-order valence-corrected chi connectivity index (χ3v) is 3.95. The van der Waals surface area contributed by atoms with Gasteiger partial charge in [-0.15, -0.1) is 0 Å². The lowest BCUT2D eigenvalue weighted by Gasteiger charge is -2.32. The van der Waals surface area contributed by atoms with Crippen LogP contribution in [0.1, 0.15) is 13.8 Å². The Morgan fingerprint density at radius 2 is 2.20 bits per heavy atom. The minimum absolute atomic E-state index is 0.0139. The molecule has 1 atom stereocenters. The van der Waals surface area contributed by atoms with Crippen LogP contribution in [-0.4, -0.2) is 58.0 Å². The Bertz CT molecular complexity index is 279. The monoisotopic (exact) mass is 236 g/mol. The van der Waals surface area contributed by atoms with Crippen molar-refractivity contribution in [3.05, 3.63) is 0 Å². The van der Waals surface area contributed by atoms with Gasteiger partial charge < -0.3 is 4.74 Å². The van der Waals surface area contributed by atoms with Crippen LogP contribution in [0.2, 0.25) is 0 Å². The molecular weight excluding hydrogens is 216 g/mol. The Balaban J connectivity index is 2.33. The van der Waals surface area contributed by atoms with E-state index in [9.17, 15) is 8.42 Å². The standard InChI is InChI=1S/C9H20N2O3S/c1-3-11-5-6-14-9(8-11)7-10-15(12,13)4-2/h9-10H,3-8H2,1-2H3. The third-order valence-electron chi connectivity index (χ3n) is 2.58. The van der Waals surface area contributed by atoms with Gasteiger partial charge in [-0.25, -0.2) is 13.1 Å². The lowest BCUT2D eigenvalue weighted by atomic mass is 10.3. The molecule has 6 heteroatoms. The fourth-order valence-corrected chi connectivity index (χ4v) is 2.16. The number of rotatable bonds is 5. The highest BCUT2D eigenvalue weighted by Crippen LogP contribution is 2.04. The number of nitrogens with zero attached hydrogens (tertiary/aromatic N) is 1.